The van der Waals surface area contributed by atoms with Crippen molar-refractivity contribution in [3.05, 3.63) is 66.0 Å². The molecule has 0 radical (unpaired) electrons. The molecular weight excluding hydrogens is 288 g/mol. The monoisotopic (exact) mass is 307 g/mol. The molecule has 0 saturated heterocycles. The normalized spacial score (nSPS) is 11.2. The highest BCUT2D eigenvalue weighted by Gasteiger charge is 2.22. The molecule has 0 fully saturated rings. The average Bonchev–Trinajstić information content (AvgIpc) is 2.86. The molecule has 0 unspecified atom stereocenters. The van der Waals surface area contributed by atoms with E-state index in [1.807, 2.05) is 78.4 Å². The fourth-order valence-electron chi connectivity index (χ4n) is 2.70. The SMILES string of the molecule is COC(=O)Cn1c(/C=C/c2ccccc2)[n+](C)c2ccccc21. The van der Waals surface area contributed by atoms with Gasteiger partial charge in [0.15, 0.2) is 17.6 Å². The van der Waals surface area contributed by atoms with Gasteiger partial charge in [-0.1, -0.05) is 42.5 Å². The molecule has 3 aromatic rings. The summed E-state index contributed by atoms with van der Waals surface area (Å²) in [6.07, 6.45) is 4.07. The van der Waals surface area contributed by atoms with E-state index in [0.29, 0.717) is 0 Å². The van der Waals surface area contributed by atoms with Crippen molar-refractivity contribution in [2.75, 3.05) is 7.11 Å². The molecule has 116 valence electrons. The Hall–Kier alpha value is -2.88. The molecule has 0 aliphatic heterocycles. The van der Waals surface area contributed by atoms with Crippen LogP contribution in [-0.2, 0) is 23.1 Å². The second kappa shape index (κ2) is 6.48. The predicted octanol–water partition coefficient (Wildman–Crippen LogP) is 2.81. The Morgan fingerprint density at radius 2 is 1.78 bits per heavy atom. The van der Waals surface area contributed by atoms with Crippen molar-refractivity contribution >= 4 is 29.2 Å². The van der Waals surface area contributed by atoms with E-state index in [2.05, 4.69) is 4.57 Å². The summed E-state index contributed by atoms with van der Waals surface area (Å²) in [7, 11) is 3.41. The first-order valence-electron chi connectivity index (χ1n) is 7.48. The zero-order valence-corrected chi connectivity index (χ0v) is 13.3. The van der Waals surface area contributed by atoms with Crippen LogP contribution in [0.25, 0.3) is 23.2 Å². The molecule has 2 aromatic carbocycles. The number of para-hydroxylation sites is 2. The maximum atomic E-state index is 11.8. The van der Waals surface area contributed by atoms with Crippen molar-refractivity contribution in [3.8, 4) is 0 Å². The lowest BCUT2D eigenvalue weighted by Crippen LogP contribution is -2.31. The summed E-state index contributed by atoms with van der Waals surface area (Å²) in [4.78, 5) is 11.8. The van der Waals surface area contributed by atoms with Crippen molar-refractivity contribution in [2.45, 2.75) is 6.54 Å². The van der Waals surface area contributed by atoms with E-state index < -0.39 is 0 Å². The van der Waals surface area contributed by atoms with Gasteiger partial charge < -0.3 is 4.74 Å². The third-order valence-corrected chi connectivity index (χ3v) is 3.89. The third-order valence-electron chi connectivity index (χ3n) is 3.89. The highest BCUT2D eigenvalue weighted by Crippen LogP contribution is 2.16. The molecule has 0 aliphatic rings. The van der Waals surface area contributed by atoms with Crippen LogP contribution >= 0.6 is 0 Å². The van der Waals surface area contributed by atoms with Gasteiger partial charge in [-0.3, -0.25) is 0 Å². The molecule has 0 N–H and O–H groups in total. The van der Waals surface area contributed by atoms with Crippen molar-refractivity contribution in [3.63, 3.8) is 0 Å². The van der Waals surface area contributed by atoms with Gasteiger partial charge in [-0.05, 0) is 23.8 Å². The van der Waals surface area contributed by atoms with E-state index in [1.54, 1.807) is 0 Å². The molecule has 1 aromatic heterocycles. The average molecular weight is 307 g/mol. The molecule has 23 heavy (non-hydrogen) atoms. The summed E-state index contributed by atoms with van der Waals surface area (Å²) in [5.74, 6) is 0.682. The lowest BCUT2D eigenvalue weighted by atomic mass is 10.2. The standard InChI is InChI=1S/C19H19N2O2/c1-20-16-10-6-7-11-17(16)21(14-19(22)23-2)18(20)13-12-15-8-4-3-5-9-15/h3-13H,14H2,1-2H3/q+1/b13-12+. The van der Waals surface area contributed by atoms with Crippen LogP contribution in [0.2, 0.25) is 0 Å². The predicted molar refractivity (Wildman–Crippen MR) is 90.5 cm³/mol. The van der Waals surface area contributed by atoms with Crippen molar-refractivity contribution < 1.29 is 14.1 Å². The Morgan fingerprint density at radius 1 is 1.09 bits per heavy atom. The molecule has 0 atom stereocenters. The quantitative estimate of drug-likeness (QED) is 0.549. The third kappa shape index (κ3) is 3.01. The van der Waals surface area contributed by atoms with E-state index in [1.165, 1.54) is 7.11 Å². The number of hydrogen-bond donors (Lipinski definition) is 0. The molecule has 0 aliphatic carbocycles. The maximum Gasteiger partial charge on any atom is 0.348 e. The number of nitrogens with zero attached hydrogens (tertiary/aromatic N) is 2. The molecule has 0 spiro atoms. The van der Waals surface area contributed by atoms with Crippen LogP contribution in [-0.4, -0.2) is 17.6 Å². The van der Waals surface area contributed by atoms with Gasteiger partial charge in [0.25, 0.3) is 5.82 Å². The van der Waals surface area contributed by atoms with Crippen molar-refractivity contribution in [2.24, 2.45) is 7.05 Å². The van der Waals surface area contributed by atoms with Crippen molar-refractivity contribution in [1.29, 1.82) is 0 Å². The minimum atomic E-state index is -0.263. The first-order chi connectivity index (χ1) is 11.2. The molecular formula is C19H19N2O2+. The van der Waals surface area contributed by atoms with Gasteiger partial charge in [0, 0.05) is 6.08 Å². The van der Waals surface area contributed by atoms with E-state index in [0.717, 1.165) is 22.4 Å². The molecule has 4 nitrogen and oxygen atoms in total. The Kier molecular flexibility index (Phi) is 4.24. The minimum Gasteiger partial charge on any atom is -0.466 e. The van der Waals surface area contributed by atoms with Gasteiger partial charge in [-0.25, -0.2) is 13.9 Å². The number of aromatic nitrogens is 2. The maximum absolute atomic E-state index is 11.8. The number of hydrogen-bond acceptors (Lipinski definition) is 2. The van der Waals surface area contributed by atoms with Gasteiger partial charge in [0.2, 0.25) is 0 Å². The highest BCUT2D eigenvalue weighted by molar-refractivity contribution is 5.79. The smallest absolute Gasteiger partial charge is 0.348 e. The molecule has 3 rings (SSSR count). The summed E-state index contributed by atoms with van der Waals surface area (Å²) in [6, 6.07) is 18.1. The zero-order valence-electron chi connectivity index (χ0n) is 13.3. The number of methoxy groups -OCH3 is 1. The second-order valence-corrected chi connectivity index (χ2v) is 5.31. The number of esters is 1. The van der Waals surface area contributed by atoms with Crippen LogP contribution in [0.3, 0.4) is 0 Å². The minimum absolute atomic E-state index is 0.187. The fraction of sp³-hybridized carbons (Fsp3) is 0.158. The van der Waals surface area contributed by atoms with Gasteiger partial charge >= 0.3 is 5.97 Å². The van der Waals surface area contributed by atoms with Crippen LogP contribution in [0.5, 0.6) is 0 Å². The highest BCUT2D eigenvalue weighted by atomic mass is 16.5. The van der Waals surface area contributed by atoms with Gasteiger partial charge in [0.05, 0.1) is 14.2 Å². The Labute approximate surface area is 135 Å². The number of carbonyl (C=O) groups is 1. The molecule has 1 heterocycles. The summed E-state index contributed by atoms with van der Waals surface area (Å²) in [5, 5.41) is 0. The molecule has 4 heteroatoms. The van der Waals surface area contributed by atoms with Crippen LogP contribution in [0.1, 0.15) is 11.4 Å². The Morgan fingerprint density at radius 3 is 2.52 bits per heavy atom. The van der Waals surface area contributed by atoms with Crippen LogP contribution in [0.15, 0.2) is 54.6 Å². The van der Waals surface area contributed by atoms with Crippen LogP contribution < -0.4 is 4.57 Å². The molecule has 0 bridgehead atoms. The van der Waals surface area contributed by atoms with E-state index in [9.17, 15) is 4.79 Å². The Bertz CT molecular complexity index is 864. The summed E-state index contributed by atoms with van der Waals surface area (Å²) < 4.78 is 8.89. The zero-order chi connectivity index (χ0) is 16.2. The number of rotatable bonds is 4. The number of benzene rings is 2. The number of carbonyl (C=O) groups excluding carboxylic acids is 1. The van der Waals surface area contributed by atoms with Gasteiger partial charge in [-0.15, -0.1) is 0 Å². The first kappa shape index (κ1) is 15.0. The Balaban J connectivity index is 2.10. The summed E-state index contributed by atoms with van der Waals surface area (Å²) in [6.45, 7) is 0.187. The van der Waals surface area contributed by atoms with Crippen LogP contribution in [0, 0.1) is 0 Å². The lowest BCUT2D eigenvalue weighted by molar-refractivity contribution is -0.647. The van der Waals surface area contributed by atoms with E-state index in [-0.39, 0.29) is 12.5 Å². The van der Waals surface area contributed by atoms with Gasteiger partial charge in [-0.2, -0.15) is 0 Å². The first-order valence-corrected chi connectivity index (χ1v) is 7.48. The summed E-state index contributed by atoms with van der Waals surface area (Å²) in [5.41, 5.74) is 3.19. The van der Waals surface area contributed by atoms with E-state index >= 15 is 0 Å². The fourth-order valence-corrected chi connectivity index (χ4v) is 2.70. The van der Waals surface area contributed by atoms with Gasteiger partial charge in [0.1, 0.15) is 0 Å². The number of aryl methyl sites for hydroxylation is 1. The molecule has 0 amide bonds. The second-order valence-electron chi connectivity index (χ2n) is 5.31. The summed E-state index contributed by atoms with van der Waals surface area (Å²) >= 11 is 0. The topological polar surface area (TPSA) is 35.1 Å². The number of ether oxygens (including phenoxy) is 1. The number of imidazole rings is 1. The largest absolute Gasteiger partial charge is 0.466 e. The number of fused-ring (bicyclic) bond motifs is 1. The molecule has 0 saturated carbocycles. The van der Waals surface area contributed by atoms with E-state index in [4.69, 9.17) is 4.74 Å². The lowest BCUT2D eigenvalue weighted by Gasteiger charge is -1.99. The van der Waals surface area contributed by atoms with Crippen molar-refractivity contribution in [1.82, 2.24) is 4.57 Å². The van der Waals surface area contributed by atoms with Crippen LogP contribution in [0.4, 0.5) is 0 Å².